The van der Waals surface area contributed by atoms with Crippen molar-refractivity contribution in [2.24, 2.45) is 0 Å². The first kappa shape index (κ1) is 26.7. The lowest BCUT2D eigenvalue weighted by molar-refractivity contribution is -0.164. The minimum Gasteiger partial charge on any atom is -0.497 e. The van der Waals surface area contributed by atoms with Crippen molar-refractivity contribution in [3.05, 3.63) is 48.0 Å². The summed E-state index contributed by atoms with van der Waals surface area (Å²) >= 11 is 0. The molecule has 0 saturated heterocycles. The van der Waals surface area contributed by atoms with E-state index in [-0.39, 0.29) is 17.7 Å². The Kier molecular flexibility index (Phi) is 8.31. The molecule has 0 saturated carbocycles. The summed E-state index contributed by atoms with van der Waals surface area (Å²) in [7, 11) is 1.59. The fraction of sp³-hybridized carbons (Fsp3) is 0.423. The highest BCUT2D eigenvalue weighted by Crippen LogP contribution is 2.26. The van der Waals surface area contributed by atoms with Crippen molar-refractivity contribution in [3.63, 3.8) is 0 Å². The van der Waals surface area contributed by atoms with Crippen molar-refractivity contribution in [1.29, 1.82) is 0 Å². The standard InChI is InChI=1S/C26H34N2O6/c1-25(2,3)33-22(29)15-21(24(31)34-26(4,5)6)28-23(30)19-13-10-17(14-20(19)27)16-8-11-18(32-7)12-9-16/h8-14,21H,15,27H2,1-7H3,(H,28,30)/t21-/m0/s1. The number of esters is 2. The SMILES string of the molecule is COc1ccc(-c2ccc(C(=O)N[C@@H](CC(=O)OC(C)(C)C)C(=O)OC(C)(C)C)c(N)c2)cc1. The van der Waals surface area contributed by atoms with Crippen LogP contribution in [-0.2, 0) is 19.1 Å². The van der Waals surface area contributed by atoms with E-state index in [4.69, 9.17) is 19.9 Å². The lowest BCUT2D eigenvalue weighted by Crippen LogP contribution is -2.46. The maximum Gasteiger partial charge on any atom is 0.329 e. The maximum absolute atomic E-state index is 13.0. The Morgan fingerprint density at radius 1 is 0.882 bits per heavy atom. The Hall–Kier alpha value is -3.55. The third-order valence-corrected chi connectivity index (χ3v) is 4.51. The fourth-order valence-electron chi connectivity index (χ4n) is 3.08. The van der Waals surface area contributed by atoms with Gasteiger partial charge < -0.3 is 25.3 Å². The summed E-state index contributed by atoms with van der Waals surface area (Å²) < 4.78 is 15.9. The van der Waals surface area contributed by atoms with Gasteiger partial charge in [-0.3, -0.25) is 9.59 Å². The Morgan fingerprint density at radius 3 is 1.94 bits per heavy atom. The van der Waals surface area contributed by atoms with Crippen LogP contribution in [0.2, 0.25) is 0 Å². The minimum absolute atomic E-state index is 0.176. The number of carbonyl (C=O) groups is 3. The van der Waals surface area contributed by atoms with Gasteiger partial charge in [0.05, 0.1) is 19.1 Å². The number of hydrogen-bond donors (Lipinski definition) is 2. The summed E-state index contributed by atoms with van der Waals surface area (Å²) in [5, 5.41) is 2.58. The van der Waals surface area contributed by atoms with Gasteiger partial charge >= 0.3 is 11.9 Å². The normalized spacial score (nSPS) is 12.4. The van der Waals surface area contributed by atoms with E-state index in [1.165, 1.54) is 0 Å². The molecule has 34 heavy (non-hydrogen) atoms. The molecule has 0 aliphatic rings. The predicted octanol–water partition coefficient (Wildman–Crippen LogP) is 4.12. The van der Waals surface area contributed by atoms with Gasteiger partial charge in [0, 0.05) is 5.69 Å². The molecule has 2 aromatic rings. The van der Waals surface area contributed by atoms with E-state index >= 15 is 0 Å². The van der Waals surface area contributed by atoms with Crippen LogP contribution in [0.25, 0.3) is 11.1 Å². The first-order chi connectivity index (χ1) is 15.7. The highest BCUT2D eigenvalue weighted by molar-refractivity contribution is 6.02. The second kappa shape index (κ2) is 10.6. The Labute approximate surface area is 200 Å². The Morgan fingerprint density at radius 2 is 1.44 bits per heavy atom. The molecule has 0 radical (unpaired) electrons. The summed E-state index contributed by atoms with van der Waals surface area (Å²) in [5.41, 5.74) is 6.74. The monoisotopic (exact) mass is 470 g/mol. The lowest BCUT2D eigenvalue weighted by atomic mass is 10.0. The number of amides is 1. The minimum atomic E-state index is -1.23. The van der Waals surface area contributed by atoms with Gasteiger partial charge in [-0.1, -0.05) is 18.2 Å². The number of carbonyl (C=O) groups excluding carboxylic acids is 3. The quantitative estimate of drug-likeness (QED) is 0.462. The molecule has 184 valence electrons. The van der Waals surface area contributed by atoms with E-state index in [1.807, 2.05) is 24.3 Å². The van der Waals surface area contributed by atoms with Gasteiger partial charge in [0.2, 0.25) is 0 Å². The predicted molar refractivity (Wildman–Crippen MR) is 130 cm³/mol. The van der Waals surface area contributed by atoms with Crippen molar-refractivity contribution in [2.45, 2.75) is 65.2 Å². The number of nitrogen functional groups attached to an aromatic ring is 1. The topological polar surface area (TPSA) is 117 Å². The van der Waals surface area contributed by atoms with Crippen molar-refractivity contribution < 1.29 is 28.6 Å². The highest BCUT2D eigenvalue weighted by Gasteiger charge is 2.31. The molecule has 0 aliphatic carbocycles. The van der Waals surface area contributed by atoms with E-state index in [2.05, 4.69) is 5.32 Å². The lowest BCUT2D eigenvalue weighted by Gasteiger charge is -2.26. The summed E-state index contributed by atoms with van der Waals surface area (Å²) in [6, 6.07) is 11.2. The molecule has 8 nitrogen and oxygen atoms in total. The summed E-state index contributed by atoms with van der Waals surface area (Å²) in [6.45, 7) is 10.3. The van der Waals surface area contributed by atoms with Crippen molar-refractivity contribution in [3.8, 4) is 16.9 Å². The van der Waals surface area contributed by atoms with Crippen LogP contribution in [0.3, 0.4) is 0 Å². The zero-order valence-electron chi connectivity index (χ0n) is 20.9. The van der Waals surface area contributed by atoms with Gasteiger partial charge in [0.25, 0.3) is 5.91 Å². The molecular weight excluding hydrogens is 436 g/mol. The average Bonchev–Trinajstić information content (AvgIpc) is 2.70. The van der Waals surface area contributed by atoms with E-state index < -0.39 is 35.1 Å². The number of hydrogen-bond acceptors (Lipinski definition) is 7. The van der Waals surface area contributed by atoms with Crippen LogP contribution in [0.15, 0.2) is 42.5 Å². The number of benzene rings is 2. The van der Waals surface area contributed by atoms with Crippen molar-refractivity contribution >= 4 is 23.5 Å². The summed E-state index contributed by atoms with van der Waals surface area (Å²) in [4.78, 5) is 38.0. The van der Waals surface area contributed by atoms with Crippen LogP contribution in [-0.4, -0.2) is 42.2 Å². The van der Waals surface area contributed by atoms with Crippen LogP contribution < -0.4 is 15.8 Å². The summed E-state index contributed by atoms with van der Waals surface area (Å²) in [5.74, 6) is -1.24. The number of nitrogens with one attached hydrogen (secondary N) is 1. The van der Waals surface area contributed by atoms with Crippen LogP contribution in [0.1, 0.15) is 58.3 Å². The average molecular weight is 471 g/mol. The number of ether oxygens (including phenoxy) is 3. The number of methoxy groups -OCH3 is 1. The molecule has 1 atom stereocenters. The van der Waals surface area contributed by atoms with Crippen LogP contribution >= 0.6 is 0 Å². The summed E-state index contributed by atoms with van der Waals surface area (Å²) in [6.07, 6.45) is -0.373. The molecule has 0 heterocycles. The fourth-order valence-corrected chi connectivity index (χ4v) is 3.08. The molecule has 2 aromatic carbocycles. The van der Waals surface area contributed by atoms with E-state index in [1.54, 1.807) is 66.9 Å². The zero-order chi connectivity index (χ0) is 25.7. The van der Waals surface area contributed by atoms with Gasteiger partial charge in [-0.05, 0) is 76.9 Å². The molecule has 0 bridgehead atoms. The zero-order valence-corrected chi connectivity index (χ0v) is 20.9. The first-order valence-corrected chi connectivity index (χ1v) is 11.0. The molecular formula is C26H34N2O6. The smallest absolute Gasteiger partial charge is 0.329 e. The van der Waals surface area contributed by atoms with Gasteiger partial charge in [-0.15, -0.1) is 0 Å². The Bertz CT molecular complexity index is 1030. The molecule has 0 aromatic heterocycles. The second-order valence-corrected chi connectivity index (χ2v) is 9.88. The number of rotatable bonds is 7. The maximum atomic E-state index is 13.0. The largest absolute Gasteiger partial charge is 0.497 e. The van der Waals surface area contributed by atoms with Gasteiger partial charge in [0.15, 0.2) is 0 Å². The molecule has 0 unspecified atom stereocenters. The van der Waals surface area contributed by atoms with E-state index in [0.29, 0.717) is 0 Å². The molecule has 8 heteroatoms. The molecule has 3 N–H and O–H groups in total. The van der Waals surface area contributed by atoms with Gasteiger partial charge in [-0.2, -0.15) is 0 Å². The van der Waals surface area contributed by atoms with E-state index in [0.717, 1.165) is 16.9 Å². The molecule has 0 spiro atoms. The van der Waals surface area contributed by atoms with Gasteiger partial charge in [-0.25, -0.2) is 4.79 Å². The van der Waals surface area contributed by atoms with Crippen molar-refractivity contribution in [1.82, 2.24) is 5.32 Å². The number of anilines is 1. The molecule has 1 amide bonds. The van der Waals surface area contributed by atoms with Crippen molar-refractivity contribution in [2.75, 3.05) is 12.8 Å². The highest BCUT2D eigenvalue weighted by atomic mass is 16.6. The third-order valence-electron chi connectivity index (χ3n) is 4.51. The van der Waals surface area contributed by atoms with Crippen LogP contribution in [0, 0.1) is 0 Å². The second-order valence-electron chi connectivity index (χ2n) is 9.88. The molecule has 0 fully saturated rings. The van der Waals surface area contributed by atoms with Gasteiger partial charge in [0.1, 0.15) is 23.0 Å². The first-order valence-electron chi connectivity index (χ1n) is 11.0. The van der Waals surface area contributed by atoms with Crippen LogP contribution in [0.5, 0.6) is 5.75 Å². The molecule has 0 aliphatic heterocycles. The van der Waals surface area contributed by atoms with Crippen LogP contribution in [0.4, 0.5) is 5.69 Å². The number of nitrogens with two attached hydrogens (primary N) is 1. The molecule has 2 rings (SSSR count). The van der Waals surface area contributed by atoms with E-state index in [9.17, 15) is 14.4 Å². The Balaban J connectivity index is 2.23. The third kappa shape index (κ3) is 8.10.